The summed E-state index contributed by atoms with van der Waals surface area (Å²) in [5.41, 5.74) is 16.3. The minimum atomic E-state index is 0.612. The van der Waals surface area contributed by atoms with E-state index in [1.54, 1.807) is 11.3 Å². The quantitative estimate of drug-likeness (QED) is 0.129. The van der Waals surface area contributed by atoms with E-state index in [1.807, 2.05) is 58.3 Å². The summed E-state index contributed by atoms with van der Waals surface area (Å²) in [5.74, 6) is 1.89. The maximum absolute atomic E-state index is 5.57. The van der Waals surface area contributed by atoms with Crippen molar-refractivity contribution in [1.29, 1.82) is 0 Å². The Morgan fingerprint density at radius 2 is 0.483 bits per heavy atom. The normalized spacial score (nSPS) is 11.9. The molecule has 0 aliphatic rings. The molecule has 10 nitrogen and oxygen atoms in total. The number of hydrogen-bond acceptors (Lipinski definition) is 14. The van der Waals surface area contributed by atoms with Gasteiger partial charge in [0.25, 0.3) is 0 Å². The SMILES string of the molecule is c1ccc(-c2nc(-c3nc4c5ccccc5c5sc6ccccc6c5c4c4ccccc34)nc3c2ccc2ccccc23)cc1.c1ccc(N(c2ccccc2)c2ccc(-c3nc(-c4nc5c6ccccc6c6sc7ccccc7c6c5c5ccccc45)nc4ccccc34)cc2)cc1.c1ccc2cc(-c3nc(-c4nc5c6ccccc6c6sc7ccccc7c6c5c5ccccc45)nc4sc5ccccc5c34)ccc2c1. The standard InChI is InChI=1S/C49H30N4S.C43H23N3S2.C41H23N3S/c1-3-15-32(16-4-1)53(33-17-5-2-6-18-33)34-29-27-31(28-30-34)45-39-23-11-13-25-41(39)50-49(52-45)47-36-20-8-7-19-35(36)43-44-40-24-12-14-26-42(40)54-48(44)38-22-10-9-21-37(38)46(43)51-47;1-2-12-25-23-26(22-21-24(25)11-1)38-37-32-18-8-10-20-34(32)48-43(37)46-42(45-38)40-28-14-4-3-13-27(28)35-36-31-17-7-9-19-33(31)47-41(36)30-16-6-5-15-29(30)39(35)44-40;1-2-13-25(14-3-1)36-32-23-22-24-12-4-5-15-26(24)37(32)44-41(43-36)39-28-17-7-6-16-27(28)34-35-31-20-10-11-21-33(31)45-40(35)30-19-9-8-18-29(30)38(34)42-39/h1-30H;1-23H;1-23H. The number of aromatic nitrogens is 9. The Hall–Kier alpha value is -18.4. The number of pyridine rings is 3. The van der Waals surface area contributed by atoms with E-state index in [4.69, 9.17) is 44.9 Å². The monoisotopic (exact) mass is 1940 g/mol. The average molecular weight is 1940 g/mol. The first-order chi connectivity index (χ1) is 72.9. The van der Waals surface area contributed by atoms with Crippen LogP contribution in [0.4, 0.5) is 17.1 Å². The van der Waals surface area contributed by atoms with E-state index in [0.717, 1.165) is 165 Å². The van der Waals surface area contributed by atoms with E-state index < -0.39 is 0 Å². The molecule has 10 aromatic heterocycles. The fraction of sp³-hybridized carbons (Fsp3) is 0. The zero-order chi connectivity index (χ0) is 96.4. The Balaban J connectivity index is 0.000000102. The summed E-state index contributed by atoms with van der Waals surface area (Å²) in [5, 5.41) is 33.9. The van der Waals surface area contributed by atoms with Gasteiger partial charge in [0.1, 0.15) is 21.9 Å². The van der Waals surface area contributed by atoms with Crippen LogP contribution in [0.25, 0.3) is 290 Å². The predicted octanol–water partition coefficient (Wildman–Crippen LogP) is 37.5. The molecule has 0 aliphatic heterocycles. The van der Waals surface area contributed by atoms with Crippen molar-refractivity contribution in [3.63, 3.8) is 0 Å². The van der Waals surface area contributed by atoms with E-state index in [0.29, 0.717) is 17.5 Å². The summed E-state index contributed by atoms with van der Waals surface area (Å²) in [4.78, 5) is 51.9. The van der Waals surface area contributed by atoms with Crippen LogP contribution in [0.3, 0.4) is 0 Å². The lowest BCUT2D eigenvalue weighted by Gasteiger charge is -2.25. The van der Waals surface area contributed by atoms with Crippen LogP contribution in [0, 0.1) is 0 Å². The van der Waals surface area contributed by atoms with E-state index in [9.17, 15) is 0 Å². The van der Waals surface area contributed by atoms with E-state index >= 15 is 0 Å². The second-order valence-electron chi connectivity index (χ2n) is 37.4. The third kappa shape index (κ3) is 13.6. The first-order valence-electron chi connectivity index (χ1n) is 49.3. The van der Waals surface area contributed by atoms with Crippen molar-refractivity contribution in [2.24, 2.45) is 0 Å². The maximum atomic E-state index is 5.57. The summed E-state index contributed by atoms with van der Waals surface area (Å²) in [6, 6.07) is 163. The predicted molar refractivity (Wildman–Crippen MR) is 626 cm³/mol. The number of fused-ring (bicyclic) bond motifs is 38. The first-order valence-corrected chi connectivity index (χ1v) is 52.6. The molecule has 22 aromatic carbocycles. The summed E-state index contributed by atoms with van der Waals surface area (Å²) in [6.07, 6.45) is 0. The van der Waals surface area contributed by atoms with Gasteiger partial charge in [-0.25, -0.2) is 44.9 Å². The molecule has 10 heterocycles. The molecule has 0 bridgehead atoms. The molecule has 0 fully saturated rings. The van der Waals surface area contributed by atoms with Gasteiger partial charge >= 0.3 is 0 Å². The summed E-state index contributed by atoms with van der Waals surface area (Å²) in [7, 11) is 0. The summed E-state index contributed by atoms with van der Waals surface area (Å²) < 4.78 is 8.97. The second kappa shape index (κ2) is 34.2. The van der Waals surface area contributed by atoms with Crippen molar-refractivity contribution in [1.82, 2.24) is 44.9 Å². The minimum Gasteiger partial charge on any atom is -0.311 e. The summed E-state index contributed by atoms with van der Waals surface area (Å²) in [6.45, 7) is 0. The van der Waals surface area contributed by atoms with Crippen LogP contribution in [-0.4, -0.2) is 44.9 Å². The van der Waals surface area contributed by atoms with Crippen LogP contribution in [0.1, 0.15) is 0 Å². The Labute approximate surface area is 856 Å². The Bertz CT molecular complexity index is 11100. The smallest absolute Gasteiger partial charge is 0.180 e. The van der Waals surface area contributed by atoms with Gasteiger partial charge in [-0.15, -0.1) is 45.3 Å². The Morgan fingerprint density at radius 1 is 0.156 bits per heavy atom. The lowest BCUT2D eigenvalue weighted by Crippen LogP contribution is -2.09. The van der Waals surface area contributed by atoms with Gasteiger partial charge in [0.05, 0.1) is 44.7 Å². The number of benzene rings is 22. The zero-order valence-electron chi connectivity index (χ0n) is 78.5. The van der Waals surface area contributed by atoms with Crippen molar-refractivity contribution in [3.8, 4) is 68.3 Å². The molecular formula is C133H76N10S4. The third-order valence-corrected chi connectivity index (χ3v) is 33.8. The van der Waals surface area contributed by atoms with Gasteiger partial charge in [0, 0.05) is 191 Å². The van der Waals surface area contributed by atoms with Gasteiger partial charge in [0.2, 0.25) is 0 Å². The van der Waals surface area contributed by atoms with Crippen molar-refractivity contribution in [2.75, 3.05) is 4.90 Å². The molecule has 0 unspecified atom stereocenters. The number of rotatable bonds is 9. The fourth-order valence-corrected chi connectivity index (χ4v) is 27.4. The highest BCUT2D eigenvalue weighted by atomic mass is 32.1. The molecule has 32 aromatic rings. The molecule has 14 heteroatoms. The van der Waals surface area contributed by atoms with Gasteiger partial charge in [0.15, 0.2) is 17.5 Å². The van der Waals surface area contributed by atoms with Crippen LogP contribution in [-0.2, 0) is 0 Å². The molecule has 0 atom stereocenters. The van der Waals surface area contributed by atoms with Gasteiger partial charge in [-0.2, -0.15) is 0 Å². The summed E-state index contributed by atoms with van der Waals surface area (Å²) >= 11 is 7.31. The van der Waals surface area contributed by atoms with E-state index in [-0.39, 0.29) is 0 Å². The number of anilines is 3. The molecule has 0 aliphatic carbocycles. The maximum Gasteiger partial charge on any atom is 0.180 e. The highest BCUT2D eigenvalue weighted by Crippen LogP contribution is 2.54. The van der Waals surface area contributed by atoms with Crippen molar-refractivity contribution in [3.05, 3.63) is 461 Å². The number of para-hydroxylation sites is 3. The van der Waals surface area contributed by atoms with Gasteiger partial charge < -0.3 is 4.90 Å². The molecule has 147 heavy (non-hydrogen) atoms. The number of thiophene rings is 4. The molecule has 0 N–H and O–H groups in total. The lowest BCUT2D eigenvalue weighted by molar-refractivity contribution is 1.20. The van der Waals surface area contributed by atoms with Crippen molar-refractivity contribution in [2.45, 2.75) is 0 Å². The number of hydrogen-bond donors (Lipinski definition) is 0. The van der Waals surface area contributed by atoms with Gasteiger partial charge in [-0.05, 0) is 111 Å². The molecule has 682 valence electrons. The molecule has 0 saturated heterocycles. The minimum absolute atomic E-state index is 0.612. The van der Waals surface area contributed by atoms with Crippen LogP contribution in [0.5, 0.6) is 0 Å². The van der Waals surface area contributed by atoms with Crippen molar-refractivity contribution < 1.29 is 0 Å². The second-order valence-corrected chi connectivity index (χ2v) is 41.6. The Morgan fingerprint density at radius 3 is 0.966 bits per heavy atom. The fourth-order valence-electron chi connectivity index (χ4n) is 22.6. The van der Waals surface area contributed by atoms with Crippen LogP contribution < -0.4 is 4.90 Å². The zero-order valence-corrected chi connectivity index (χ0v) is 81.7. The molecule has 0 radical (unpaired) electrons. The first kappa shape index (κ1) is 84.3. The Kier molecular flexibility index (Phi) is 19.6. The lowest BCUT2D eigenvalue weighted by atomic mass is 9.95. The third-order valence-electron chi connectivity index (χ3n) is 29.1. The molecule has 0 saturated carbocycles. The van der Waals surface area contributed by atoms with E-state index in [2.05, 4.69) is 442 Å². The largest absolute Gasteiger partial charge is 0.311 e. The average Bonchev–Trinajstić information content (AvgIpc) is 1.63. The highest BCUT2D eigenvalue weighted by molar-refractivity contribution is 7.28. The van der Waals surface area contributed by atoms with Gasteiger partial charge in [-0.3, -0.25) is 0 Å². The van der Waals surface area contributed by atoms with Crippen LogP contribution >= 0.6 is 45.3 Å². The number of nitrogens with zero attached hydrogens (tertiary/aromatic N) is 10. The topological polar surface area (TPSA) is 119 Å². The van der Waals surface area contributed by atoms with Crippen molar-refractivity contribution >= 4 is 284 Å². The van der Waals surface area contributed by atoms with Gasteiger partial charge in [-0.1, -0.05) is 382 Å². The molecular weight excluding hydrogens is 1870 g/mol. The molecule has 0 spiro atoms. The van der Waals surface area contributed by atoms with E-state index in [1.165, 1.54) is 124 Å². The molecule has 0 amide bonds. The highest BCUT2D eigenvalue weighted by Gasteiger charge is 2.29. The molecule has 32 rings (SSSR count). The van der Waals surface area contributed by atoms with Crippen LogP contribution in [0.15, 0.2) is 461 Å². The van der Waals surface area contributed by atoms with Crippen LogP contribution in [0.2, 0.25) is 0 Å².